The van der Waals surface area contributed by atoms with Gasteiger partial charge >= 0.3 is 6.18 Å². The molecule has 7 heteroatoms. The number of rotatable bonds is 2. The Balaban J connectivity index is 2.49. The average molecular weight is 304 g/mol. The third-order valence-electron chi connectivity index (χ3n) is 2.84. The van der Waals surface area contributed by atoms with Gasteiger partial charge in [-0.25, -0.2) is 0 Å². The maximum Gasteiger partial charge on any atom is 0.417 e. The van der Waals surface area contributed by atoms with Crippen LogP contribution < -0.4 is 0 Å². The van der Waals surface area contributed by atoms with Crippen LogP contribution in [-0.4, -0.2) is 14.8 Å². The van der Waals surface area contributed by atoms with Gasteiger partial charge in [0.05, 0.1) is 10.6 Å². The molecule has 20 heavy (non-hydrogen) atoms. The molecule has 0 fully saturated rings. The van der Waals surface area contributed by atoms with Crippen LogP contribution >= 0.6 is 11.6 Å². The maximum atomic E-state index is 12.6. The first-order valence-electron chi connectivity index (χ1n) is 5.99. The van der Waals surface area contributed by atoms with Crippen LogP contribution in [0.5, 0.6) is 0 Å². The second-order valence-electron chi connectivity index (χ2n) is 4.79. The van der Waals surface area contributed by atoms with Crippen molar-refractivity contribution in [2.24, 2.45) is 0 Å². The summed E-state index contributed by atoms with van der Waals surface area (Å²) in [6, 6.07) is 1.02. The third kappa shape index (κ3) is 2.80. The van der Waals surface area contributed by atoms with Crippen molar-refractivity contribution in [1.82, 2.24) is 14.8 Å². The minimum Gasteiger partial charge on any atom is -0.269 e. The lowest BCUT2D eigenvalue weighted by molar-refractivity contribution is -0.137. The third-order valence-corrected chi connectivity index (χ3v) is 3.12. The number of aryl methyl sites for hydroxylation is 1. The Labute approximate surface area is 119 Å². The highest BCUT2D eigenvalue weighted by atomic mass is 35.5. The van der Waals surface area contributed by atoms with E-state index < -0.39 is 11.7 Å². The zero-order valence-electron chi connectivity index (χ0n) is 11.2. The van der Waals surface area contributed by atoms with Crippen molar-refractivity contribution in [3.8, 4) is 11.4 Å². The maximum absolute atomic E-state index is 12.6. The lowest BCUT2D eigenvalue weighted by Crippen LogP contribution is -2.06. The summed E-state index contributed by atoms with van der Waals surface area (Å²) >= 11 is 5.92. The van der Waals surface area contributed by atoms with Crippen molar-refractivity contribution >= 4 is 11.6 Å². The van der Waals surface area contributed by atoms with Gasteiger partial charge in [0.2, 0.25) is 0 Å². The molecule has 3 nitrogen and oxygen atoms in total. The van der Waals surface area contributed by atoms with Crippen LogP contribution in [0, 0.1) is 6.92 Å². The van der Waals surface area contributed by atoms with E-state index >= 15 is 0 Å². The minimum absolute atomic E-state index is 0.0584. The molecule has 2 aromatic heterocycles. The Morgan fingerprint density at radius 3 is 2.35 bits per heavy atom. The molecule has 0 radical (unpaired) electrons. The van der Waals surface area contributed by atoms with Crippen LogP contribution in [0.1, 0.15) is 31.0 Å². The highest BCUT2D eigenvalue weighted by molar-refractivity contribution is 6.33. The normalized spacial score (nSPS) is 12.2. The van der Waals surface area contributed by atoms with Gasteiger partial charge < -0.3 is 0 Å². The first kappa shape index (κ1) is 14.8. The van der Waals surface area contributed by atoms with E-state index in [9.17, 15) is 13.2 Å². The summed E-state index contributed by atoms with van der Waals surface area (Å²) < 4.78 is 39.4. The van der Waals surface area contributed by atoms with Crippen molar-refractivity contribution in [3.05, 3.63) is 34.6 Å². The number of pyridine rings is 1. The molecule has 0 spiro atoms. The molecule has 0 saturated carbocycles. The van der Waals surface area contributed by atoms with E-state index in [0.29, 0.717) is 5.69 Å². The van der Waals surface area contributed by atoms with E-state index in [0.717, 1.165) is 17.8 Å². The van der Waals surface area contributed by atoms with E-state index in [4.69, 9.17) is 11.6 Å². The molecule has 0 amide bonds. The zero-order valence-corrected chi connectivity index (χ0v) is 11.9. The smallest absolute Gasteiger partial charge is 0.269 e. The number of hydrogen-bond acceptors (Lipinski definition) is 2. The predicted molar refractivity (Wildman–Crippen MR) is 70.6 cm³/mol. The molecule has 0 saturated heterocycles. The summed E-state index contributed by atoms with van der Waals surface area (Å²) in [5.74, 6) is 0. The summed E-state index contributed by atoms with van der Waals surface area (Å²) in [6.45, 7) is 5.73. The first-order valence-corrected chi connectivity index (χ1v) is 6.37. The Bertz CT molecular complexity index is 632. The van der Waals surface area contributed by atoms with E-state index in [1.807, 2.05) is 27.0 Å². The van der Waals surface area contributed by atoms with Crippen LogP contribution in [-0.2, 0) is 6.18 Å². The largest absolute Gasteiger partial charge is 0.417 e. The highest BCUT2D eigenvalue weighted by Crippen LogP contribution is 2.34. The van der Waals surface area contributed by atoms with Crippen molar-refractivity contribution in [2.75, 3.05) is 0 Å². The molecule has 0 aromatic carbocycles. The van der Waals surface area contributed by atoms with E-state index in [2.05, 4.69) is 10.1 Å². The van der Waals surface area contributed by atoms with Crippen LogP contribution in [0.3, 0.4) is 0 Å². The molecular weight excluding hydrogens is 291 g/mol. The molecule has 2 aromatic rings. The number of aromatic nitrogens is 3. The number of alkyl halides is 3. The summed E-state index contributed by atoms with van der Waals surface area (Å²) in [6.07, 6.45) is -1.87. The van der Waals surface area contributed by atoms with E-state index in [-0.39, 0.29) is 16.8 Å². The predicted octanol–water partition coefficient (Wildman–Crippen LogP) is 4.51. The standard InChI is InChI=1S/C13H13ClF3N3/c1-7(2)20-6-8(3)11(19-20)12-10(14)4-9(5-18-12)13(15,16)17/h4-7H,1-3H3. The monoisotopic (exact) mass is 303 g/mol. The molecule has 0 atom stereocenters. The molecule has 0 N–H and O–H groups in total. The fourth-order valence-electron chi connectivity index (χ4n) is 1.75. The summed E-state index contributed by atoms with van der Waals surface area (Å²) in [7, 11) is 0. The van der Waals surface area contributed by atoms with Crippen molar-refractivity contribution in [3.63, 3.8) is 0 Å². The molecule has 108 valence electrons. The van der Waals surface area contributed by atoms with Gasteiger partial charge in [-0.1, -0.05) is 11.6 Å². The topological polar surface area (TPSA) is 30.7 Å². The molecule has 0 aliphatic heterocycles. The molecular formula is C13H13ClF3N3. The lowest BCUT2D eigenvalue weighted by atomic mass is 10.1. The number of nitrogens with zero attached hydrogens (tertiary/aromatic N) is 3. The highest BCUT2D eigenvalue weighted by Gasteiger charge is 2.32. The number of halogens is 4. The molecule has 0 bridgehead atoms. The SMILES string of the molecule is Cc1cn(C(C)C)nc1-c1ncc(C(F)(F)F)cc1Cl. The second-order valence-corrected chi connectivity index (χ2v) is 5.19. The van der Waals surface area contributed by atoms with Crippen LogP contribution in [0.15, 0.2) is 18.5 Å². The molecule has 2 heterocycles. The van der Waals surface area contributed by atoms with Crippen LogP contribution in [0.25, 0.3) is 11.4 Å². The van der Waals surface area contributed by atoms with Crippen molar-refractivity contribution in [2.45, 2.75) is 33.0 Å². The van der Waals surface area contributed by atoms with Gasteiger partial charge in [0.15, 0.2) is 0 Å². The Morgan fingerprint density at radius 2 is 1.90 bits per heavy atom. The minimum atomic E-state index is -4.46. The molecule has 0 aliphatic carbocycles. The van der Waals surface area contributed by atoms with Gasteiger partial charge in [0, 0.05) is 18.4 Å². The van der Waals surface area contributed by atoms with Gasteiger partial charge in [-0.05, 0) is 32.4 Å². The van der Waals surface area contributed by atoms with Gasteiger partial charge in [-0.15, -0.1) is 0 Å². The molecule has 0 unspecified atom stereocenters. The Hall–Kier alpha value is -1.56. The quantitative estimate of drug-likeness (QED) is 0.817. The Kier molecular flexibility index (Phi) is 3.77. The van der Waals surface area contributed by atoms with E-state index in [1.165, 1.54) is 0 Å². The van der Waals surface area contributed by atoms with E-state index in [1.54, 1.807) is 4.68 Å². The lowest BCUT2D eigenvalue weighted by Gasteiger charge is -2.08. The van der Waals surface area contributed by atoms with Crippen LogP contribution in [0.4, 0.5) is 13.2 Å². The van der Waals surface area contributed by atoms with Crippen molar-refractivity contribution in [1.29, 1.82) is 0 Å². The average Bonchev–Trinajstić information content (AvgIpc) is 2.70. The van der Waals surface area contributed by atoms with Crippen LogP contribution in [0.2, 0.25) is 5.02 Å². The fourth-order valence-corrected chi connectivity index (χ4v) is 2.00. The summed E-state index contributed by atoms with van der Waals surface area (Å²) in [5.41, 5.74) is 0.703. The van der Waals surface area contributed by atoms with Gasteiger partial charge in [0.25, 0.3) is 0 Å². The molecule has 0 aliphatic rings. The molecule has 2 rings (SSSR count). The first-order chi connectivity index (χ1) is 9.20. The fraction of sp³-hybridized carbons (Fsp3) is 0.385. The van der Waals surface area contributed by atoms with Gasteiger partial charge in [0.1, 0.15) is 11.4 Å². The Morgan fingerprint density at radius 1 is 1.25 bits per heavy atom. The summed E-state index contributed by atoms with van der Waals surface area (Å²) in [5, 5.41) is 4.26. The van der Waals surface area contributed by atoms with Crippen molar-refractivity contribution < 1.29 is 13.2 Å². The number of hydrogen-bond donors (Lipinski definition) is 0. The van der Waals surface area contributed by atoms with Gasteiger partial charge in [-0.3, -0.25) is 9.67 Å². The van der Waals surface area contributed by atoms with Gasteiger partial charge in [-0.2, -0.15) is 18.3 Å². The summed E-state index contributed by atoms with van der Waals surface area (Å²) in [4.78, 5) is 3.82. The second kappa shape index (κ2) is 5.09. The zero-order chi connectivity index (χ0) is 15.1.